The number of benzene rings is 1. The third-order valence-corrected chi connectivity index (χ3v) is 6.33. The molecule has 0 aliphatic heterocycles. The van der Waals surface area contributed by atoms with Crippen molar-refractivity contribution >= 4 is 37.3 Å². The minimum absolute atomic E-state index is 0.0884. The first-order valence-electron chi connectivity index (χ1n) is 5.84. The van der Waals surface area contributed by atoms with Crippen molar-refractivity contribution in [1.29, 1.82) is 0 Å². The van der Waals surface area contributed by atoms with Crippen LogP contribution in [0.25, 0.3) is 0 Å². The van der Waals surface area contributed by atoms with Crippen molar-refractivity contribution in [1.82, 2.24) is 4.72 Å². The maximum Gasteiger partial charge on any atom is 0.250 e. The monoisotopic (exact) mass is 375 g/mol. The van der Waals surface area contributed by atoms with E-state index in [0.717, 1.165) is 15.1 Å². The van der Waals surface area contributed by atoms with Gasteiger partial charge in [0, 0.05) is 6.54 Å². The Labute approximate surface area is 130 Å². The molecule has 0 bridgehead atoms. The fourth-order valence-electron chi connectivity index (χ4n) is 1.65. The van der Waals surface area contributed by atoms with Crippen LogP contribution in [0.1, 0.15) is 12.5 Å². The number of halogens is 1. The number of hydrogen-bond acceptors (Lipinski definition) is 4. The zero-order chi connectivity index (χ0) is 14.8. The Bertz CT molecular complexity index is 681. The fourth-order valence-corrected chi connectivity index (χ4v) is 4.83. The maximum absolute atomic E-state index is 12.1. The average molecular weight is 376 g/mol. The molecule has 1 aromatic heterocycles. The second-order valence-electron chi connectivity index (χ2n) is 4.52. The van der Waals surface area contributed by atoms with Crippen molar-refractivity contribution in [3.05, 3.63) is 51.8 Å². The normalized spacial score (nSPS) is 14.9. The quantitative estimate of drug-likeness (QED) is 0.843. The summed E-state index contributed by atoms with van der Waals surface area (Å²) in [4.78, 5) is 0. The summed E-state index contributed by atoms with van der Waals surface area (Å²) in [6.45, 7) is 1.49. The highest BCUT2D eigenvalue weighted by molar-refractivity contribution is 9.11. The van der Waals surface area contributed by atoms with Crippen molar-refractivity contribution in [2.24, 2.45) is 0 Å². The lowest BCUT2D eigenvalue weighted by Gasteiger charge is -2.23. The van der Waals surface area contributed by atoms with E-state index in [2.05, 4.69) is 20.7 Å². The SMILES string of the molecule is C[C@](O)(CNS(=O)(=O)c1ccc(Br)s1)c1ccccc1. The molecule has 4 nitrogen and oxygen atoms in total. The predicted molar refractivity (Wildman–Crippen MR) is 83.2 cm³/mol. The number of rotatable bonds is 5. The smallest absolute Gasteiger partial charge is 0.250 e. The molecule has 1 heterocycles. The first-order chi connectivity index (χ1) is 9.31. The lowest BCUT2D eigenvalue weighted by molar-refractivity contribution is 0.0627. The first-order valence-corrected chi connectivity index (χ1v) is 8.93. The van der Waals surface area contributed by atoms with Crippen molar-refractivity contribution in [3.63, 3.8) is 0 Å². The maximum atomic E-state index is 12.1. The third-order valence-electron chi connectivity index (χ3n) is 2.82. The molecule has 0 amide bonds. The second-order valence-corrected chi connectivity index (χ2v) is 8.98. The molecule has 1 atom stereocenters. The van der Waals surface area contributed by atoms with E-state index < -0.39 is 15.6 Å². The van der Waals surface area contributed by atoms with Crippen LogP contribution in [0, 0.1) is 0 Å². The molecule has 0 saturated carbocycles. The number of sulfonamides is 1. The number of aliphatic hydroxyl groups is 1. The van der Waals surface area contributed by atoms with Crippen LogP contribution in [0.2, 0.25) is 0 Å². The summed E-state index contributed by atoms with van der Waals surface area (Å²) in [5.41, 5.74) is -0.599. The van der Waals surface area contributed by atoms with E-state index in [4.69, 9.17) is 0 Å². The minimum Gasteiger partial charge on any atom is -0.384 e. The highest BCUT2D eigenvalue weighted by Crippen LogP contribution is 2.26. The summed E-state index contributed by atoms with van der Waals surface area (Å²) in [6, 6.07) is 12.2. The van der Waals surface area contributed by atoms with Crippen molar-refractivity contribution < 1.29 is 13.5 Å². The molecule has 20 heavy (non-hydrogen) atoms. The van der Waals surface area contributed by atoms with E-state index >= 15 is 0 Å². The number of hydrogen-bond donors (Lipinski definition) is 2. The molecule has 2 rings (SSSR count). The Morgan fingerprint density at radius 2 is 1.90 bits per heavy atom. The standard InChI is InChI=1S/C13H14BrNO3S2/c1-13(16,10-5-3-2-4-6-10)9-15-20(17,18)12-8-7-11(14)19-12/h2-8,15-16H,9H2,1H3/t13-/m0/s1. The molecule has 0 fully saturated rings. The summed E-state index contributed by atoms with van der Waals surface area (Å²) < 4.78 is 27.6. The van der Waals surface area contributed by atoms with Gasteiger partial charge < -0.3 is 5.11 Å². The van der Waals surface area contributed by atoms with E-state index in [1.807, 2.05) is 6.07 Å². The Balaban J connectivity index is 2.12. The van der Waals surface area contributed by atoms with E-state index in [-0.39, 0.29) is 10.8 Å². The summed E-state index contributed by atoms with van der Waals surface area (Å²) in [6.07, 6.45) is 0. The van der Waals surface area contributed by atoms with Gasteiger partial charge in [0.25, 0.3) is 0 Å². The van der Waals surface area contributed by atoms with Crippen LogP contribution < -0.4 is 4.72 Å². The van der Waals surface area contributed by atoms with Gasteiger partial charge in [0.05, 0.1) is 3.79 Å². The van der Waals surface area contributed by atoms with Crippen molar-refractivity contribution in [3.8, 4) is 0 Å². The molecule has 2 N–H and O–H groups in total. The van der Waals surface area contributed by atoms with Crippen molar-refractivity contribution in [2.45, 2.75) is 16.7 Å². The minimum atomic E-state index is -3.60. The van der Waals surface area contributed by atoms with Gasteiger partial charge >= 0.3 is 0 Å². The van der Waals surface area contributed by atoms with Crippen LogP contribution in [-0.2, 0) is 15.6 Å². The van der Waals surface area contributed by atoms with E-state index in [1.165, 1.54) is 6.07 Å². The van der Waals surface area contributed by atoms with Gasteiger partial charge in [-0.05, 0) is 40.5 Å². The molecular formula is C13H14BrNO3S2. The first kappa shape index (κ1) is 15.7. The lowest BCUT2D eigenvalue weighted by atomic mass is 9.97. The molecule has 0 radical (unpaired) electrons. The highest BCUT2D eigenvalue weighted by atomic mass is 79.9. The van der Waals surface area contributed by atoms with E-state index in [1.54, 1.807) is 37.3 Å². The zero-order valence-corrected chi connectivity index (χ0v) is 13.9. The highest BCUT2D eigenvalue weighted by Gasteiger charge is 2.26. The van der Waals surface area contributed by atoms with Crippen molar-refractivity contribution in [2.75, 3.05) is 6.54 Å². The summed E-state index contributed by atoms with van der Waals surface area (Å²) in [5, 5.41) is 10.4. The Kier molecular flexibility index (Phi) is 4.66. The molecule has 7 heteroatoms. The molecule has 108 valence electrons. The van der Waals surface area contributed by atoms with E-state index in [0.29, 0.717) is 5.56 Å². The molecule has 0 spiro atoms. The second kappa shape index (κ2) is 5.95. The Morgan fingerprint density at radius 1 is 1.25 bits per heavy atom. The van der Waals surface area contributed by atoms with Gasteiger partial charge in [-0.25, -0.2) is 13.1 Å². The molecule has 1 aromatic carbocycles. The van der Waals surface area contributed by atoms with Gasteiger partial charge in [-0.2, -0.15) is 0 Å². The van der Waals surface area contributed by atoms with Gasteiger partial charge in [-0.1, -0.05) is 30.3 Å². The van der Waals surface area contributed by atoms with Gasteiger partial charge in [0.2, 0.25) is 10.0 Å². The van der Waals surface area contributed by atoms with Gasteiger partial charge in [0.15, 0.2) is 0 Å². The molecular weight excluding hydrogens is 362 g/mol. The van der Waals surface area contributed by atoms with Crippen LogP contribution in [0.15, 0.2) is 50.5 Å². The van der Waals surface area contributed by atoms with Crippen LogP contribution in [0.4, 0.5) is 0 Å². The van der Waals surface area contributed by atoms with Gasteiger partial charge in [-0.15, -0.1) is 11.3 Å². The average Bonchev–Trinajstić information content (AvgIpc) is 2.85. The van der Waals surface area contributed by atoms with Crippen LogP contribution in [-0.4, -0.2) is 20.1 Å². The number of thiophene rings is 1. The van der Waals surface area contributed by atoms with Crippen LogP contribution >= 0.6 is 27.3 Å². The van der Waals surface area contributed by atoms with Crippen LogP contribution in [0.5, 0.6) is 0 Å². The third kappa shape index (κ3) is 3.67. The van der Waals surface area contributed by atoms with Gasteiger partial charge in [0.1, 0.15) is 9.81 Å². The zero-order valence-electron chi connectivity index (χ0n) is 10.7. The topological polar surface area (TPSA) is 66.4 Å². The molecule has 0 unspecified atom stereocenters. The van der Waals surface area contributed by atoms with E-state index in [9.17, 15) is 13.5 Å². The Morgan fingerprint density at radius 3 is 2.45 bits per heavy atom. The molecule has 0 aliphatic rings. The fraction of sp³-hybridized carbons (Fsp3) is 0.231. The molecule has 2 aromatic rings. The summed E-state index contributed by atoms with van der Waals surface area (Å²) in [7, 11) is -3.60. The largest absolute Gasteiger partial charge is 0.384 e. The van der Waals surface area contributed by atoms with Gasteiger partial charge in [-0.3, -0.25) is 0 Å². The molecule has 0 aliphatic carbocycles. The number of nitrogens with one attached hydrogen (secondary N) is 1. The lowest BCUT2D eigenvalue weighted by Crippen LogP contribution is -2.38. The van der Waals surface area contributed by atoms with Crippen LogP contribution in [0.3, 0.4) is 0 Å². The molecule has 0 saturated heterocycles. The Hall–Kier alpha value is -0.730. The summed E-state index contributed by atoms with van der Waals surface area (Å²) >= 11 is 4.35. The predicted octanol–water partition coefficient (Wildman–Crippen LogP) is 2.70. The summed E-state index contributed by atoms with van der Waals surface area (Å²) in [5.74, 6) is 0.